The van der Waals surface area contributed by atoms with Crippen molar-refractivity contribution in [3.05, 3.63) is 0 Å². The van der Waals surface area contributed by atoms with Crippen molar-refractivity contribution in [3.8, 4) is 0 Å². The van der Waals surface area contributed by atoms with Crippen molar-refractivity contribution in [2.75, 3.05) is 26.4 Å². The van der Waals surface area contributed by atoms with Crippen molar-refractivity contribution >= 4 is 0 Å². The number of ether oxygens (including phenoxy) is 1. The molecule has 0 spiro atoms. The number of unbranched alkanes of at least 4 members (excludes halogenated alkanes) is 1. The van der Waals surface area contributed by atoms with Crippen LogP contribution in [0.15, 0.2) is 0 Å². The van der Waals surface area contributed by atoms with Gasteiger partial charge in [-0.15, -0.1) is 0 Å². The molecule has 68 valence electrons. The normalized spacial score (nSPS) is 10.9. The van der Waals surface area contributed by atoms with Crippen molar-refractivity contribution in [2.24, 2.45) is 0 Å². The van der Waals surface area contributed by atoms with Gasteiger partial charge in [0.25, 0.3) is 0 Å². The van der Waals surface area contributed by atoms with Crippen LogP contribution in [0, 0.1) is 0 Å². The Balaban J connectivity index is 3.07. The van der Waals surface area contributed by atoms with E-state index in [-0.39, 0.29) is 19.8 Å². The molecule has 0 fully saturated rings. The fraction of sp³-hybridized carbons (Fsp3) is 1.00. The van der Waals surface area contributed by atoms with Crippen molar-refractivity contribution in [2.45, 2.75) is 18.9 Å². The van der Waals surface area contributed by atoms with Gasteiger partial charge in [-0.3, -0.25) is 0 Å². The zero-order valence-corrected chi connectivity index (χ0v) is 6.57. The number of aliphatic hydroxyl groups is 3. The molecule has 0 heterocycles. The molecule has 11 heavy (non-hydrogen) atoms. The zero-order chi connectivity index (χ0) is 8.53. The number of aliphatic hydroxyl groups excluding tert-OH is 3. The van der Waals surface area contributed by atoms with Crippen LogP contribution in [0.2, 0.25) is 0 Å². The van der Waals surface area contributed by atoms with Crippen molar-refractivity contribution in [3.63, 3.8) is 0 Å². The predicted molar refractivity (Wildman–Crippen MR) is 40.2 cm³/mol. The first-order chi connectivity index (χ1) is 5.35. The van der Waals surface area contributed by atoms with E-state index in [2.05, 4.69) is 0 Å². The Morgan fingerprint density at radius 2 is 1.64 bits per heavy atom. The molecule has 0 rings (SSSR count). The third-order valence-corrected chi connectivity index (χ3v) is 1.31. The van der Waals surface area contributed by atoms with Crippen LogP contribution in [-0.4, -0.2) is 47.9 Å². The largest absolute Gasteiger partial charge is 0.396 e. The second-order valence-corrected chi connectivity index (χ2v) is 2.29. The number of hydrogen-bond donors (Lipinski definition) is 3. The number of rotatable bonds is 7. The molecule has 0 bridgehead atoms. The van der Waals surface area contributed by atoms with Crippen LogP contribution in [0.1, 0.15) is 12.8 Å². The first-order valence-electron chi connectivity index (χ1n) is 3.79. The maximum Gasteiger partial charge on any atom is 0.104 e. The van der Waals surface area contributed by atoms with Crippen LogP contribution in [-0.2, 0) is 4.74 Å². The molecular formula is C7H16O4. The second-order valence-electron chi connectivity index (χ2n) is 2.29. The average molecular weight is 164 g/mol. The minimum atomic E-state index is -0.464. The van der Waals surface area contributed by atoms with Gasteiger partial charge in [0.15, 0.2) is 0 Å². The predicted octanol–water partition coefficient (Wildman–Crippen LogP) is -0.871. The Hall–Kier alpha value is -0.160. The van der Waals surface area contributed by atoms with Crippen LogP contribution in [0.3, 0.4) is 0 Å². The molecule has 0 radical (unpaired) electrons. The van der Waals surface area contributed by atoms with E-state index in [9.17, 15) is 0 Å². The lowest BCUT2D eigenvalue weighted by Gasteiger charge is -2.11. The fourth-order valence-corrected chi connectivity index (χ4v) is 0.627. The Labute approximate surface area is 66.4 Å². The topological polar surface area (TPSA) is 69.9 Å². The SMILES string of the molecule is OCCCCOC(CO)CO. The molecular weight excluding hydrogens is 148 g/mol. The highest BCUT2D eigenvalue weighted by atomic mass is 16.5. The summed E-state index contributed by atoms with van der Waals surface area (Å²) in [5.74, 6) is 0. The summed E-state index contributed by atoms with van der Waals surface area (Å²) in [6, 6.07) is 0. The smallest absolute Gasteiger partial charge is 0.104 e. The molecule has 0 aromatic rings. The molecule has 4 nitrogen and oxygen atoms in total. The standard InChI is InChI=1S/C7H16O4/c8-3-1-2-4-11-7(5-9)6-10/h7-10H,1-6H2. The lowest BCUT2D eigenvalue weighted by Crippen LogP contribution is -2.22. The third-order valence-electron chi connectivity index (χ3n) is 1.31. The molecule has 0 amide bonds. The molecule has 0 aliphatic heterocycles. The molecule has 0 saturated carbocycles. The molecule has 3 N–H and O–H groups in total. The van der Waals surface area contributed by atoms with Gasteiger partial charge in [0.2, 0.25) is 0 Å². The second kappa shape index (κ2) is 7.94. The molecule has 0 unspecified atom stereocenters. The lowest BCUT2D eigenvalue weighted by atomic mass is 10.3. The Morgan fingerprint density at radius 1 is 1.00 bits per heavy atom. The number of hydrogen-bond acceptors (Lipinski definition) is 4. The highest BCUT2D eigenvalue weighted by Crippen LogP contribution is 1.93. The maximum absolute atomic E-state index is 8.55. The van der Waals surface area contributed by atoms with Gasteiger partial charge < -0.3 is 20.1 Å². The van der Waals surface area contributed by atoms with E-state index in [1.54, 1.807) is 0 Å². The van der Waals surface area contributed by atoms with Crippen LogP contribution in [0.25, 0.3) is 0 Å². The average Bonchev–Trinajstić information content (AvgIpc) is 2.05. The first kappa shape index (κ1) is 10.8. The van der Waals surface area contributed by atoms with Crippen LogP contribution >= 0.6 is 0 Å². The van der Waals surface area contributed by atoms with E-state index < -0.39 is 6.10 Å². The summed E-state index contributed by atoms with van der Waals surface area (Å²) in [6.07, 6.45) is 0.991. The van der Waals surface area contributed by atoms with Gasteiger partial charge in [0.05, 0.1) is 13.2 Å². The summed E-state index contributed by atoms with van der Waals surface area (Å²) in [4.78, 5) is 0. The van der Waals surface area contributed by atoms with Crippen LogP contribution < -0.4 is 0 Å². The van der Waals surface area contributed by atoms with E-state index in [0.29, 0.717) is 13.0 Å². The molecule has 0 aromatic carbocycles. The first-order valence-corrected chi connectivity index (χ1v) is 3.79. The van der Waals surface area contributed by atoms with E-state index in [1.807, 2.05) is 0 Å². The Morgan fingerprint density at radius 3 is 2.09 bits per heavy atom. The zero-order valence-electron chi connectivity index (χ0n) is 6.57. The minimum Gasteiger partial charge on any atom is -0.396 e. The molecule has 0 aromatic heterocycles. The molecule has 0 saturated heterocycles. The Kier molecular flexibility index (Phi) is 7.83. The van der Waals surface area contributed by atoms with Crippen molar-refractivity contribution in [1.29, 1.82) is 0 Å². The highest BCUT2D eigenvalue weighted by molar-refractivity contribution is 4.51. The maximum atomic E-state index is 8.55. The summed E-state index contributed by atoms with van der Waals surface area (Å²) in [5, 5.41) is 25.5. The van der Waals surface area contributed by atoms with Crippen LogP contribution in [0.4, 0.5) is 0 Å². The van der Waals surface area contributed by atoms with Gasteiger partial charge in [0.1, 0.15) is 6.10 Å². The van der Waals surface area contributed by atoms with Gasteiger partial charge in [-0.25, -0.2) is 0 Å². The summed E-state index contributed by atoms with van der Waals surface area (Å²) < 4.78 is 5.03. The third kappa shape index (κ3) is 6.25. The van der Waals surface area contributed by atoms with E-state index >= 15 is 0 Å². The fourth-order valence-electron chi connectivity index (χ4n) is 0.627. The molecule has 0 aliphatic rings. The van der Waals surface area contributed by atoms with Gasteiger partial charge in [0, 0.05) is 13.2 Å². The summed E-state index contributed by atoms with van der Waals surface area (Å²) >= 11 is 0. The molecule has 4 heteroatoms. The monoisotopic (exact) mass is 164 g/mol. The summed E-state index contributed by atoms with van der Waals surface area (Å²) in [5.41, 5.74) is 0. The van der Waals surface area contributed by atoms with Crippen molar-refractivity contribution < 1.29 is 20.1 Å². The van der Waals surface area contributed by atoms with Gasteiger partial charge in [-0.2, -0.15) is 0 Å². The lowest BCUT2D eigenvalue weighted by molar-refractivity contribution is -0.0215. The van der Waals surface area contributed by atoms with Crippen molar-refractivity contribution in [1.82, 2.24) is 0 Å². The molecule has 0 aliphatic carbocycles. The van der Waals surface area contributed by atoms with Gasteiger partial charge in [-0.05, 0) is 12.8 Å². The van der Waals surface area contributed by atoms with Crippen LogP contribution in [0.5, 0.6) is 0 Å². The van der Waals surface area contributed by atoms with E-state index in [1.165, 1.54) is 0 Å². The minimum absolute atomic E-state index is 0.157. The molecule has 0 atom stereocenters. The Bertz CT molecular complexity index is 72.8. The quantitative estimate of drug-likeness (QED) is 0.428. The van der Waals surface area contributed by atoms with Gasteiger partial charge in [-0.1, -0.05) is 0 Å². The summed E-state index contributed by atoms with van der Waals surface area (Å²) in [6.45, 7) is 0.323. The highest BCUT2D eigenvalue weighted by Gasteiger charge is 2.03. The summed E-state index contributed by atoms with van der Waals surface area (Å²) in [7, 11) is 0. The van der Waals surface area contributed by atoms with E-state index in [0.717, 1.165) is 6.42 Å². The van der Waals surface area contributed by atoms with Gasteiger partial charge >= 0.3 is 0 Å². The van der Waals surface area contributed by atoms with E-state index in [4.69, 9.17) is 20.1 Å².